The summed E-state index contributed by atoms with van der Waals surface area (Å²) in [6, 6.07) is 9.48. The summed E-state index contributed by atoms with van der Waals surface area (Å²) in [5, 5.41) is 18.6. The number of aromatic nitrogens is 1. The topological polar surface area (TPSA) is 49.0 Å². The molecule has 0 radical (unpaired) electrons. The largest absolute Gasteiger partial charge is 0.392 e. The third-order valence-electron chi connectivity index (χ3n) is 2.65. The van der Waals surface area contributed by atoms with Gasteiger partial charge in [-0.05, 0) is 11.1 Å². The van der Waals surface area contributed by atoms with Crippen LogP contribution in [-0.4, -0.2) is 9.67 Å². The van der Waals surface area contributed by atoms with Crippen LogP contribution < -0.4 is 0 Å². The monoisotopic (exact) mass is 246 g/mol. The fourth-order valence-corrected chi connectivity index (χ4v) is 2.00. The first-order valence-corrected chi connectivity index (χ1v) is 5.50. The summed E-state index contributed by atoms with van der Waals surface area (Å²) in [6.07, 6.45) is 1.71. The molecule has 1 heterocycles. The van der Waals surface area contributed by atoms with Gasteiger partial charge in [-0.25, -0.2) is 0 Å². The van der Waals surface area contributed by atoms with Crippen molar-refractivity contribution in [2.45, 2.75) is 6.61 Å². The maximum absolute atomic E-state index is 9.06. The summed E-state index contributed by atoms with van der Waals surface area (Å²) in [6.45, 7) is 0.00785. The summed E-state index contributed by atoms with van der Waals surface area (Å²) < 4.78 is 1.72. The van der Waals surface area contributed by atoms with Crippen molar-refractivity contribution in [1.82, 2.24) is 4.57 Å². The third-order valence-corrected chi connectivity index (χ3v) is 3.11. The molecule has 0 aliphatic carbocycles. The van der Waals surface area contributed by atoms with E-state index in [1.54, 1.807) is 17.8 Å². The van der Waals surface area contributed by atoms with Crippen molar-refractivity contribution in [3.8, 4) is 17.2 Å². The zero-order valence-electron chi connectivity index (χ0n) is 9.31. The molecule has 0 saturated carbocycles. The second-order valence-corrected chi connectivity index (χ2v) is 4.14. The second-order valence-electron chi connectivity index (χ2n) is 3.79. The van der Waals surface area contributed by atoms with Crippen LogP contribution in [0.1, 0.15) is 11.1 Å². The Morgan fingerprint density at radius 2 is 2.00 bits per heavy atom. The smallest absolute Gasteiger partial charge is 0.117 e. The zero-order chi connectivity index (χ0) is 12.4. The number of nitriles is 1. The number of benzene rings is 1. The standard InChI is InChI=1S/C13H11ClN2O/c1-16-7-11(6-15)12(13(16)14)10-4-2-9(8-17)3-5-10/h2-5,7,17H,8H2,1H3. The van der Waals surface area contributed by atoms with Crippen molar-refractivity contribution in [2.24, 2.45) is 7.05 Å². The number of hydrogen-bond donors (Lipinski definition) is 1. The molecule has 17 heavy (non-hydrogen) atoms. The number of hydrogen-bond acceptors (Lipinski definition) is 2. The van der Waals surface area contributed by atoms with Crippen LogP contribution in [0, 0.1) is 11.3 Å². The minimum Gasteiger partial charge on any atom is -0.392 e. The Morgan fingerprint density at radius 1 is 1.35 bits per heavy atom. The van der Waals surface area contributed by atoms with Gasteiger partial charge in [0, 0.05) is 18.8 Å². The molecule has 0 aliphatic heterocycles. The fraction of sp³-hybridized carbons (Fsp3) is 0.154. The first kappa shape index (κ1) is 11.7. The van der Waals surface area contributed by atoms with E-state index in [9.17, 15) is 0 Å². The highest BCUT2D eigenvalue weighted by Crippen LogP contribution is 2.32. The molecule has 2 aromatic rings. The number of rotatable bonds is 2. The fourth-order valence-electron chi connectivity index (χ4n) is 1.74. The van der Waals surface area contributed by atoms with Crippen LogP contribution in [0.2, 0.25) is 5.15 Å². The summed E-state index contributed by atoms with van der Waals surface area (Å²) >= 11 is 6.16. The highest BCUT2D eigenvalue weighted by Gasteiger charge is 2.13. The minimum atomic E-state index is 0.00785. The molecule has 0 unspecified atom stereocenters. The van der Waals surface area contributed by atoms with Gasteiger partial charge >= 0.3 is 0 Å². The lowest BCUT2D eigenvalue weighted by Gasteiger charge is -2.03. The predicted octanol–water partition coefficient (Wildman–Crippen LogP) is 2.71. The minimum absolute atomic E-state index is 0.00785. The second kappa shape index (κ2) is 4.62. The van der Waals surface area contributed by atoms with Gasteiger partial charge in [0.1, 0.15) is 11.2 Å². The molecule has 1 aromatic heterocycles. The number of aliphatic hydroxyl groups is 1. The highest BCUT2D eigenvalue weighted by atomic mass is 35.5. The molecular formula is C13H11ClN2O. The molecule has 86 valence electrons. The first-order valence-electron chi connectivity index (χ1n) is 5.12. The van der Waals surface area contributed by atoms with E-state index in [1.807, 2.05) is 24.3 Å². The summed E-state index contributed by atoms with van der Waals surface area (Å²) in [7, 11) is 1.80. The van der Waals surface area contributed by atoms with Crippen molar-refractivity contribution >= 4 is 11.6 Å². The molecule has 0 saturated heterocycles. The number of aliphatic hydroxyl groups excluding tert-OH is 1. The Hall–Kier alpha value is -1.76. The Balaban J connectivity index is 2.56. The molecule has 3 nitrogen and oxygen atoms in total. The lowest BCUT2D eigenvalue weighted by molar-refractivity contribution is 0.282. The molecular weight excluding hydrogens is 236 g/mol. The normalized spacial score (nSPS) is 10.2. The van der Waals surface area contributed by atoms with Crippen LogP contribution in [0.5, 0.6) is 0 Å². The van der Waals surface area contributed by atoms with Gasteiger partial charge in [-0.1, -0.05) is 35.9 Å². The van der Waals surface area contributed by atoms with E-state index >= 15 is 0 Å². The Labute approximate surface area is 104 Å². The zero-order valence-corrected chi connectivity index (χ0v) is 10.1. The van der Waals surface area contributed by atoms with Gasteiger partial charge in [-0.2, -0.15) is 5.26 Å². The van der Waals surface area contributed by atoms with Gasteiger partial charge in [0.25, 0.3) is 0 Å². The van der Waals surface area contributed by atoms with Gasteiger partial charge in [0.2, 0.25) is 0 Å². The van der Waals surface area contributed by atoms with Crippen LogP contribution in [0.4, 0.5) is 0 Å². The molecule has 0 bridgehead atoms. The molecule has 2 rings (SSSR count). The summed E-state index contributed by atoms with van der Waals surface area (Å²) in [5.74, 6) is 0. The van der Waals surface area contributed by atoms with E-state index in [4.69, 9.17) is 22.0 Å². The highest BCUT2D eigenvalue weighted by molar-refractivity contribution is 6.32. The van der Waals surface area contributed by atoms with Crippen molar-refractivity contribution in [3.63, 3.8) is 0 Å². The van der Waals surface area contributed by atoms with Crippen molar-refractivity contribution in [3.05, 3.63) is 46.7 Å². The van der Waals surface area contributed by atoms with Crippen LogP contribution >= 0.6 is 11.6 Å². The van der Waals surface area contributed by atoms with E-state index in [-0.39, 0.29) is 6.61 Å². The third kappa shape index (κ3) is 2.05. The predicted molar refractivity (Wildman–Crippen MR) is 66.5 cm³/mol. The Kier molecular flexibility index (Phi) is 3.19. The van der Waals surface area contributed by atoms with Gasteiger partial charge in [-0.3, -0.25) is 0 Å². The summed E-state index contributed by atoms with van der Waals surface area (Å²) in [5.41, 5.74) is 3.00. The maximum Gasteiger partial charge on any atom is 0.117 e. The quantitative estimate of drug-likeness (QED) is 0.886. The van der Waals surface area contributed by atoms with Crippen molar-refractivity contribution < 1.29 is 5.11 Å². The average Bonchev–Trinajstić information content (AvgIpc) is 2.65. The molecule has 4 heteroatoms. The Morgan fingerprint density at radius 3 is 2.53 bits per heavy atom. The van der Waals surface area contributed by atoms with Gasteiger partial charge in [0.05, 0.1) is 12.2 Å². The summed E-state index contributed by atoms with van der Waals surface area (Å²) in [4.78, 5) is 0. The molecule has 0 atom stereocenters. The lowest BCUT2D eigenvalue weighted by atomic mass is 10.0. The van der Waals surface area contributed by atoms with Gasteiger partial charge in [-0.15, -0.1) is 0 Å². The molecule has 1 N–H and O–H groups in total. The average molecular weight is 247 g/mol. The van der Waals surface area contributed by atoms with E-state index in [2.05, 4.69) is 6.07 Å². The van der Waals surface area contributed by atoms with Crippen molar-refractivity contribution in [2.75, 3.05) is 0 Å². The molecule has 0 spiro atoms. The van der Waals surface area contributed by atoms with Crippen LogP contribution in [0.15, 0.2) is 30.5 Å². The Bertz CT molecular complexity index is 579. The maximum atomic E-state index is 9.06. The van der Waals surface area contributed by atoms with Crippen LogP contribution in [0.3, 0.4) is 0 Å². The number of halogens is 1. The lowest BCUT2D eigenvalue weighted by Crippen LogP contribution is -1.86. The van der Waals surface area contributed by atoms with E-state index in [0.717, 1.165) is 16.7 Å². The van der Waals surface area contributed by atoms with Crippen LogP contribution in [0.25, 0.3) is 11.1 Å². The number of aryl methyl sites for hydroxylation is 1. The number of nitrogens with zero attached hydrogens (tertiary/aromatic N) is 2. The molecule has 0 fully saturated rings. The van der Waals surface area contributed by atoms with Gasteiger partial charge in [0.15, 0.2) is 0 Å². The first-order chi connectivity index (χ1) is 8.17. The van der Waals surface area contributed by atoms with E-state index in [1.165, 1.54) is 0 Å². The van der Waals surface area contributed by atoms with Crippen LogP contribution in [-0.2, 0) is 13.7 Å². The molecule has 0 aliphatic rings. The van der Waals surface area contributed by atoms with Crippen molar-refractivity contribution in [1.29, 1.82) is 5.26 Å². The van der Waals surface area contributed by atoms with E-state index < -0.39 is 0 Å². The molecule has 0 amide bonds. The SMILES string of the molecule is Cn1cc(C#N)c(-c2ccc(CO)cc2)c1Cl. The molecule has 1 aromatic carbocycles. The van der Waals surface area contributed by atoms with Gasteiger partial charge < -0.3 is 9.67 Å². The van der Waals surface area contributed by atoms with E-state index in [0.29, 0.717) is 10.7 Å².